The van der Waals surface area contributed by atoms with Crippen molar-refractivity contribution in [3.8, 4) is 0 Å². The van der Waals surface area contributed by atoms with Crippen LogP contribution in [0.3, 0.4) is 0 Å². The lowest BCUT2D eigenvalue weighted by Crippen LogP contribution is -2.23. The van der Waals surface area contributed by atoms with Crippen molar-refractivity contribution in [2.24, 2.45) is 0 Å². The predicted octanol–water partition coefficient (Wildman–Crippen LogP) is 0.720. The highest BCUT2D eigenvalue weighted by molar-refractivity contribution is 7.91. The zero-order valence-corrected chi connectivity index (χ0v) is 11.4. The number of sulfone groups is 1. The maximum atomic E-state index is 11.4. The minimum Gasteiger partial charge on any atom is -0.478 e. The molecule has 0 aromatic carbocycles. The number of rotatable bonds is 2. The molecular formula is C12H13N3O4S. The summed E-state index contributed by atoms with van der Waals surface area (Å²) in [5.74, 6) is 0.0661. The van der Waals surface area contributed by atoms with Crippen molar-refractivity contribution in [2.45, 2.75) is 18.8 Å². The van der Waals surface area contributed by atoms with Crippen molar-refractivity contribution in [1.82, 2.24) is 14.6 Å². The fourth-order valence-corrected chi connectivity index (χ4v) is 3.96. The van der Waals surface area contributed by atoms with Crippen LogP contribution in [0.25, 0.3) is 5.65 Å². The maximum Gasteiger partial charge on any atom is 0.335 e. The molecule has 0 bridgehead atoms. The Labute approximate surface area is 115 Å². The zero-order valence-electron chi connectivity index (χ0n) is 10.6. The van der Waals surface area contributed by atoms with Gasteiger partial charge in [-0.05, 0) is 25.0 Å². The molecular weight excluding hydrogens is 282 g/mol. The lowest BCUT2D eigenvalue weighted by molar-refractivity contribution is 0.0697. The van der Waals surface area contributed by atoms with Gasteiger partial charge in [-0.25, -0.2) is 13.2 Å². The molecule has 0 saturated carbocycles. The van der Waals surface area contributed by atoms with Gasteiger partial charge in [0.05, 0.1) is 17.1 Å². The van der Waals surface area contributed by atoms with Crippen LogP contribution < -0.4 is 0 Å². The highest BCUT2D eigenvalue weighted by Gasteiger charge is 2.27. The van der Waals surface area contributed by atoms with Crippen LogP contribution in [0.5, 0.6) is 0 Å². The van der Waals surface area contributed by atoms with E-state index in [-0.39, 0.29) is 23.0 Å². The summed E-state index contributed by atoms with van der Waals surface area (Å²) in [6, 6.07) is 2.94. The molecule has 0 unspecified atom stereocenters. The van der Waals surface area contributed by atoms with Crippen molar-refractivity contribution < 1.29 is 18.3 Å². The van der Waals surface area contributed by atoms with Gasteiger partial charge in [0.25, 0.3) is 0 Å². The molecule has 8 heteroatoms. The van der Waals surface area contributed by atoms with Gasteiger partial charge in [-0.2, -0.15) is 0 Å². The normalized spacial score (nSPS) is 19.2. The first-order valence-electron chi connectivity index (χ1n) is 6.25. The van der Waals surface area contributed by atoms with Gasteiger partial charge in [-0.15, -0.1) is 10.2 Å². The second kappa shape index (κ2) is 4.55. The van der Waals surface area contributed by atoms with Crippen molar-refractivity contribution in [3.63, 3.8) is 0 Å². The second-order valence-corrected chi connectivity index (χ2v) is 7.24. The average molecular weight is 295 g/mol. The van der Waals surface area contributed by atoms with Gasteiger partial charge in [0, 0.05) is 12.1 Å². The van der Waals surface area contributed by atoms with Crippen LogP contribution in [0.1, 0.15) is 34.9 Å². The fourth-order valence-electron chi connectivity index (χ4n) is 2.47. The van der Waals surface area contributed by atoms with E-state index in [1.807, 2.05) is 0 Å². The molecule has 1 fully saturated rings. The molecule has 3 heterocycles. The Morgan fingerprint density at radius 3 is 2.65 bits per heavy atom. The van der Waals surface area contributed by atoms with Crippen LogP contribution in [0.2, 0.25) is 0 Å². The molecule has 106 valence electrons. The van der Waals surface area contributed by atoms with Crippen LogP contribution in [0, 0.1) is 0 Å². The Morgan fingerprint density at radius 2 is 2.00 bits per heavy atom. The number of hydrogen-bond donors (Lipinski definition) is 1. The molecule has 20 heavy (non-hydrogen) atoms. The lowest BCUT2D eigenvalue weighted by Gasteiger charge is -2.20. The number of nitrogens with zero attached hydrogens (tertiary/aromatic N) is 3. The van der Waals surface area contributed by atoms with Crippen molar-refractivity contribution in [2.75, 3.05) is 11.5 Å². The van der Waals surface area contributed by atoms with Gasteiger partial charge in [-0.3, -0.25) is 4.40 Å². The van der Waals surface area contributed by atoms with Crippen molar-refractivity contribution >= 4 is 21.5 Å². The van der Waals surface area contributed by atoms with Crippen molar-refractivity contribution in [3.05, 3.63) is 29.7 Å². The van der Waals surface area contributed by atoms with E-state index >= 15 is 0 Å². The molecule has 1 N–H and O–H groups in total. The monoisotopic (exact) mass is 295 g/mol. The fraction of sp³-hybridized carbons (Fsp3) is 0.417. The third kappa shape index (κ3) is 2.26. The smallest absolute Gasteiger partial charge is 0.335 e. The Kier molecular flexibility index (Phi) is 2.97. The summed E-state index contributed by atoms with van der Waals surface area (Å²) in [6.45, 7) is 0. The number of pyridine rings is 1. The summed E-state index contributed by atoms with van der Waals surface area (Å²) < 4.78 is 24.6. The Bertz CT molecular complexity index is 767. The first-order valence-corrected chi connectivity index (χ1v) is 8.07. The first-order chi connectivity index (χ1) is 9.46. The van der Waals surface area contributed by atoms with E-state index in [1.165, 1.54) is 12.1 Å². The summed E-state index contributed by atoms with van der Waals surface area (Å²) in [4.78, 5) is 10.9. The van der Waals surface area contributed by atoms with Crippen LogP contribution in [0.15, 0.2) is 18.3 Å². The van der Waals surface area contributed by atoms with E-state index in [4.69, 9.17) is 5.11 Å². The molecule has 0 amide bonds. The van der Waals surface area contributed by atoms with Gasteiger partial charge < -0.3 is 5.11 Å². The minimum atomic E-state index is -2.91. The van der Waals surface area contributed by atoms with Gasteiger partial charge in [0.2, 0.25) is 0 Å². The average Bonchev–Trinajstić information content (AvgIpc) is 2.81. The van der Waals surface area contributed by atoms with Crippen LogP contribution in [-0.4, -0.2) is 45.6 Å². The molecule has 3 rings (SSSR count). The highest BCUT2D eigenvalue weighted by Crippen LogP contribution is 2.28. The van der Waals surface area contributed by atoms with Crippen molar-refractivity contribution in [1.29, 1.82) is 0 Å². The molecule has 0 atom stereocenters. The number of aromatic carboxylic acids is 1. The molecule has 2 aromatic rings. The Balaban J connectivity index is 1.95. The number of aromatic nitrogens is 3. The molecule has 1 saturated heterocycles. The number of carboxylic acid groups (broad SMARTS) is 1. The number of fused-ring (bicyclic) bond motifs is 1. The number of hydrogen-bond acceptors (Lipinski definition) is 5. The Hall–Kier alpha value is -1.96. The lowest BCUT2D eigenvalue weighted by atomic mass is 10.0. The van der Waals surface area contributed by atoms with E-state index in [2.05, 4.69) is 10.2 Å². The predicted molar refractivity (Wildman–Crippen MR) is 70.6 cm³/mol. The SMILES string of the molecule is O=C(O)c1ccn2c(C3CCS(=O)(=O)CC3)nnc2c1. The third-order valence-electron chi connectivity index (χ3n) is 3.60. The third-order valence-corrected chi connectivity index (χ3v) is 5.32. The van der Waals surface area contributed by atoms with E-state index in [9.17, 15) is 13.2 Å². The maximum absolute atomic E-state index is 11.4. The zero-order chi connectivity index (χ0) is 14.3. The van der Waals surface area contributed by atoms with Crippen LogP contribution >= 0.6 is 0 Å². The standard InChI is InChI=1S/C12H13N3O4S/c16-12(17)9-1-4-15-10(7-9)13-14-11(15)8-2-5-20(18,19)6-3-8/h1,4,7-8H,2-3,5-6H2,(H,16,17). The molecule has 7 nitrogen and oxygen atoms in total. The Morgan fingerprint density at radius 1 is 1.30 bits per heavy atom. The molecule has 0 spiro atoms. The summed E-state index contributed by atoms with van der Waals surface area (Å²) in [5, 5.41) is 17.0. The number of carbonyl (C=O) groups is 1. The van der Waals surface area contributed by atoms with E-state index in [1.54, 1.807) is 10.6 Å². The van der Waals surface area contributed by atoms with Crippen LogP contribution in [-0.2, 0) is 9.84 Å². The van der Waals surface area contributed by atoms with E-state index in [0.29, 0.717) is 24.3 Å². The largest absolute Gasteiger partial charge is 0.478 e. The molecule has 2 aromatic heterocycles. The molecule has 1 aliphatic rings. The number of carboxylic acids is 1. The molecule has 1 aliphatic heterocycles. The quantitative estimate of drug-likeness (QED) is 0.876. The van der Waals surface area contributed by atoms with E-state index in [0.717, 1.165) is 0 Å². The summed E-state index contributed by atoms with van der Waals surface area (Å²) in [6.07, 6.45) is 2.69. The van der Waals surface area contributed by atoms with Gasteiger partial charge in [0.15, 0.2) is 5.65 Å². The second-order valence-electron chi connectivity index (χ2n) is 4.93. The van der Waals surface area contributed by atoms with Crippen LogP contribution in [0.4, 0.5) is 0 Å². The topological polar surface area (TPSA) is 102 Å². The summed E-state index contributed by atoms with van der Waals surface area (Å²) in [7, 11) is -2.91. The van der Waals surface area contributed by atoms with Gasteiger partial charge >= 0.3 is 5.97 Å². The molecule has 0 aliphatic carbocycles. The molecule has 0 radical (unpaired) electrons. The highest BCUT2D eigenvalue weighted by atomic mass is 32.2. The van der Waals surface area contributed by atoms with Gasteiger partial charge in [0.1, 0.15) is 15.7 Å². The van der Waals surface area contributed by atoms with Gasteiger partial charge in [-0.1, -0.05) is 0 Å². The summed E-state index contributed by atoms with van der Waals surface area (Å²) in [5.41, 5.74) is 0.621. The first kappa shape index (κ1) is 13.0. The minimum absolute atomic E-state index is 0.0456. The van der Waals surface area contributed by atoms with E-state index < -0.39 is 15.8 Å². The summed E-state index contributed by atoms with van der Waals surface area (Å²) >= 11 is 0.